The molecule has 0 saturated heterocycles. The minimum Gasteiger partial charge on any atom is -0.267 e. The molecule has 0 unspecified atom stereocenters. The van der Waals surface area contributed by atoms with Crippen molar-refractivity contribution in [3.63, 3.8) is 0 Å². The lowest BCUT2D eigenvalue weighted by molar-refractivity contribution is 0.0987. The van der Waals surface area contributed by atoms with Crippen LogP contribution in [0, 0.1) is 12.7 Å². The van der Waals surface area contributed by atoms with Crippen molar-refractivity contribution >= 4 is 48.8 Å². The fourth-order valence-corrected chi connectivity index (χ4v) is 6.47. The average Bonchev–Trinajstić information content (AvgIpc) is 3.36. The summed E-state index contributed by atoms with van der Waals surface area (Å²) < 4.78 is 42.6. The van der Waals surface area contributed by atoms with E-state index in [9.17, 15) is 17.6 Å². The molecule has 1 amide bonds. The van der Waals surface area contributed by atoms with Gasteiger partial charge in [0.1, 0.15) is 5.82 Å². The molecule has 0 spiro atoms. The number of nitrogens with zero attached hydrogens (tertiary/aromatic N) is 4. The number of sulfonamides is 1. The second-order valence-electron chi connectivity index (χ2n) is 9.52. The number of rotatable bonds is 12. The summed E-state index contributed by atoms with van der Waals surface area (Å²) >= 11 is 1.14. The Morgan fingerprint density at radius 3 is 2.25 bits per heavy atom. The Labute approximate surface area is 239 Å². The van der Waals surface area contributed by atoms with Gasteiger partial charge in [-0.2, -0.15) is 14.4 Å². The zero-order valence-corrected chi connectivity index (χ0v) is 24.5. The molecule has 10 heteroatoms. The van der Waals surface area contributed by atoms with Gasteiger partial charge in [-0.3, -0.25) is 4.79 Å². The highest BCUT2D eigenvalue weighted by Gasteiger charge is 2.25. The number of fused-ring (bicyclic) bond motifs is 1. The predicted molar refractivity (Wildman–Crippen MR) is 160 cm³/mol. The van der Waals surface area contributed by atoms with Crippen LogP contribution in [0.2, 0.25) is 0 Å². The van der Waals surface area contributed by atoms with Crippen molar-refractivity contribution in [2.24, 2.45) is 5.10 Å². The zero-order valence-electron chi connectivity index (χ0n) is 22.9. The van der Waals surface area contributed by atoms with Gasteiger partial charge in [0.15, 0.2) is 0 Å². The van der Waals surface area contributed by atoms with Crippen LogP contribution in [0.1, 0.15) is 61.0 Å². The van der Waals surface area contributed by atoms with E-state index in [0.29, 0.717) is 23.3 Å². The molecular formula is C30H33FN4O3S2. The van der Waals surface area contributed by atoms with Crippen molar-refractivity contribution in [3.8, 4) is 0 Å². The van der Waals surface area contributed by atoms with E-state index in [-0.39, 0.29) is 15.6 Å². The van der Waals surface area contributed by atoms with Crippen LogP contribution in [-0.2, 0) is 10.0 Å². The minimum absolute atomic E-state index is 0.140. The highest BCUT2D eigenvalue weighted by atomic mass is 32.2. The lowest BCUT2D eigenvalue weighted by Crippen LogP contribution is -2.33. The first-order valence-corrected chi connectivity index (χ1v) is 15.6. The van der Waals surface area contributed by atoms with Crippen molar-refractivity contribution < 1.29 is 17.6 Å². The number of thiazole rings is 1. The van der Waals surface area contributed by atoms with Crippen LogP contribution >= 0.6 is 11.3 Å². The first kappa shape index (κ1) is 29.5. The first-order valence-electron chi connectivity index (χ1n) is 13.3. The SMILES string of the molecule is CCCCN(CCCC)S(=O)(=O)c1ccc(C(=O)N(/N=C/c2ccc(C)cc2)c2nc3ccc(F)cc3s2)cc1. The molecule has 0 atom stereocenters. The Bertz CT molecular complexity index is 1580. The van der Waals surface area contributed by atoms with Crippen LogP contribution in [0.25, 0.3) is 10.2 Å². The third kappa shape index (κ3) is 6.99. The summed E-state index contributed by atoms with van der Waals surface area (Å²) in [7, 11) is -3.70. The molecule has 1 heterocycles. The van der Waals surface area contributed by atoms with Crippen LogP contribution in [0.4, 0.5) is 9.52 Å². The number of carbonyl (C=O) groups is 1. The monoisotopic (exact) mass is 580 g/mol. The summed E-state index contributed by atoms with van der Waals surface area (Å²) in [6, 6.07) is 17.8. The minimum atomic E-state index is -3.70. The van der Waals surface area contributed by atoms with Crippen molar-refractivity contribution in [3.05, 3.63) is 89.2 Å². The van der Waals surface area contributed by atoms with E-state index < -0.39 is 21.7 Å². The Hall–Kier alpha value is -3.47. The summed E-state index contributed by atoms with van der Waals surface area (Å²) in [6.45, 7) is 6.95. The number of carbonyl (C=O) groups excluding carboxylic acids is 1. The molecule has 0 saturated carbocycles. The largest absolute Gasteiger partial charge is 0.280 e. The molecule has 0 aliphatic rings. The molecule has 3 aromatic carbocycles. The van der Waals surface area contributed by atoms with E-state index in [4.69, 9.17) is 0 Å². The summed E-state index contributed by atoms with van der Waals surface area (Å²) in [4.78, 5) is 18.3. The van der Waals surface area contributed by atoms with Crippen LogP contribution in [0.15, 0.2) is 76.7 Å². The smallest absolute Gasteiger partial charge is 0.267 e. The van der Waals surface area contributed by atoms with E-state index in [2.05, 4.69) is 10.1 Å². The topological polar surface area (TPSA) is 82.9 Å². The number of hydrazone groups is 1. The molecule has 4 rings (SSSR count). The molecule has 4 aromatic rings. The number of benzene rings is 3. The second-order valence-corrected chi connectivity index (χ2v) is 12.5. The Balaban J connectivity index is 1.66. The fourth-order valence-electron chi connectivity index (χ4n) is 4.00. The third-order valence-electron chi connectivity index (χ3n) is 6.37. The van der Waals surface area contributed by atoms with Gasteiger partial charge in [0, 0.05) is 18.7 Å². The summed E-state index contributed by atoms with van der Waals surface area (Å²) in [5.74, 6) is -0.881. The number of amides is 1. The predicted octanol–water partition coefficient (Wildman–Crippen LogP) is 7.02. The number of anilines is 1. The van der Waals surface area contributed by atoms with E-state index in [1.165, 1.54) is 45.7 Å². The zero-order chi connectivity index (χ0) is 28.7. The quantitative estimate of drug-likeness (QED) is 0.133. The molecule has 0 aliphatic carbocycles. The molecule has 0 bridgehead atoms. The van der Waals surface area contributed by atoms with Gasteiger partial charge in [-0.25, -0.2) is 17.8 Å². The van der Waals surface area contributed by atoms with E-state index in [0.717, 1.165) is 48.1 Å². The molecular weight excluding hydrogens is 547 g/mol. The van der Waals surface area contributed by atoms with E-state index >= 15 is 0 Å². The molecule has 0 aliphatic heterocycles. The highest BCUT2D eigenvalue weighted by molar-refractivity contribution is 7.89. The molecule has 1 aromatic heterocycles. The van der Waals surface area contributed by atoms with Crippen molar-refractivity contribution in [2.75, 3.05) is 18.1 Å². The Morgan fingerprint density at radius 1 is 0.975 bits per heavy atom. The average molecular weight is 581 g/mol. The maximum Gasteiger partial charge on any atom is 0.280 e. The summed E-state index contributed by atoms with van der Waals surface area (Å²) in [5, 5.41) is 5.88. The van der Waals surface area contributed by atoms with Crippen LogP contribution in [-0.4, -0.2) is 42.9 Å². The molecule has 0 fully saturated rings. The van der Waals surface area contributed by atoms with Gasteiger partial charge in [0.2, 0.25) is 15.2 Å². The van der Waals surface area contributed by atoms with Crippen LogP contribution in [0.3, 0.4) is 0 Å². The number of unbranched alkanes of at least 4 members (excludes halogenated alkanes) is 2. The third-order valence-corrected chi connectivity index (χ3v) is 9.28. The van der Waals surface area contributed by atoms with Crippen molar-refractivity contribution in [1.29, 1.82) is 0 Å². The molecule has 0 radical (unpaired) electrons. The molecule has 7 nitrogen and oxygen atoms in total. The maximum absolute atomic E-state index is 13.8. The van der Waals surface area contributed by atoms with Gasteiger partial charge in [0.05, 0.1) is 21.3 Å². The number of halogens is 1. The lowest BCUT2D eigenvalue weighted by atomic mass is 10.2. The fraction of sp³-hybridized carbons (Fsp3) is 0.300. The lowest BCUT2D eigenvalue weighted by Gasteiger charge is -2.22. The van der Waals surface area contributed by atoms with Crippen molar-refractivity contribution in [2.45, 2.75) is 51.3 Å². The van der Waals surface area contributed by atoms with Gasteiger partial charge >= 0.3 is 0 Å². The second kappa shape index (κ2) is 13.3. The number of hydrogen-bond acceptors (Lipinski definition) is 6. The van der Waals surface area contributed by atoms with Gasteiger partial charge in [-0.1, -0.05) is 67.9 Å². The number of aromatic nitrogens is 1. The normalized spacial score (nSPS) is 12.0. The van der Waals surface area contributed by atoms with E-state index in [1.807, 2.05) is 45.0 Å². The first-order chi connectivity index (χ1) is 19.2. The number of aryl methyl sites for hydroxylation is 1. The Kier molecular flexibility index (Phi) is 9.78. The van der Waals surface area contributed by atoms with Crippen LogP contribution < -0.4 is 5.01 Å². The van der Waals surface area contributed by atoms with Gasteiger partial charge in [-0.05, 0) is 67.8 Å². The molecule has 210 valence electrons. The summed E-state index contributed by atoms with van der Waals surface area (Å²) in [5.41, 5.74) is 2.68. The molecule has 0 N–H and O–H groups in total. The Morgan fingerprint density at radius 2 is 1.62 bits per heavy atom. The van der Waals surface area contributed by atoms with E-state index in [1.54, 1.807) is 12.3 Å². The molecule has 40 heavy (non-hydrogen) atoms. The highest BCUT2D eigenvalue weighted by Crippen LogP contribution is 2.31. The van der Waals surface area contributed by atoms with Crippen molar-refractivity contribution in [1.82, 2.24) is 9.29 Å². The van der Waals surface area contributed by atoms with Crippen LogP contribution in [0.5, 0.6) is 0 Å². The maximum atomic E-state index is 13.8. The van der Waals surface area contributed by atoms with Gasteiger partial charge < -0.3 is 0 Å². The van der Waals surface area contributed by atoms with Gasteiger partial charge in [0.25, 0.3) is 5.91 Å². The number of hydrogen-bond donors (Lipinski definition) is 0. The van der Waals surface area contributed by atoms with Gasteiger partial charge in [-0.15, -0.1) is 0 Å². The summed E-state index contributed by atoms with van der Waals surface area (Å²) in [6.07, 6.45) is 4.90. The standard InChI is InChI=1S/C30H33FN4O3S2/c1-4-6-18-34(19-7-5-2)40(37,38)26-15-12-24(13-16-26)29(36)35(32-21-23-10-8-22(3)9-11-23)30-33-27-17-14-25(31)20-28(27)39-30/h8-17,20-21H,4-7,18-19H2,1-3H3/b32-21+.